The van der Waals surface area contributed by atoms with E-state index in [9.17, 15) is 13.2 Å². The molecule has 1 amide bonds. The number of rotatable bonds is 8. The van der Waals surface area contributed by atoms with E-state index in [1.807, 2.05) is 18.2 Å². The number of amides is 1. The van der Waals surface area contributed by atoms with Gasteiger partial charge in [0, 0.05) is 44.3 Å². The second-order valence-electron chi connectivity index (χ2n) is 7.62. The normalized spacial score (nSPS) is 15.6. The first-order valence-electron chi connectivity index (χ1n) is 10.2. The van der Waals surface area contributed by atoms with Crippen LogP contribution in [0.5, 0.6) is 0 Å². The number of nitrogens with zero attached hydrogens (tertiary/aromatic N) is 3. The third-order valence-electron chi connectivity index (χ3n) is 5.28. The Kier molecular flexibility index (Phi) is 8.26. The zero-order chi connectivity index (χ0) is 22.3. The molecule has 0 spiro atoms. The molecule has 31 heavy (non-hydrogen) atoms. The van der Waals surface area contributed by atoms with Gasteiger partial charge in [0.2, 0.25) is 15.9 Å². The van der Waals surface area contributed by atoms with Crippen molar-refractivity contribution in [1.29, 1.82) is 0 Å². The average Bonchev–Trinajstić information content (AvgIpc) is 2.75. The van der Waals surface area contributed by atoms with Crippen LogP contribution < -0.4 is 0 Å². The fraction of sp³-hybridized carbons (Fsp3) is 0.348. The summed E-state index contributed by atoms with van der Waals surface area (Å²) >= 11 is 6.17. The molecule has 0 N–H and O–H groups in total. The molecule has 0 aromatic heterocycles. The van der Waals surface area contributed by atoms with Crippen molar-refractivity contribution in [1.82, 2.24) is 14.1 Å². The van der Waals surface area contributed by atoms with E-state index in [0.717, 1.165) is 31.5 Å². The van der Waals surface area contributed by atoms with E-state index >= 15 is 0 Å². The summed E-state index contributed by atoms with van der Waals surface area (Å²) in [6.45, 7) is 3.40. The van der Waals surface area contributed by atoms with E-state index in [-0.39, 0.29) is 19.0 Å². The third-order valence-corrected chi connectivity index (χ3v) is 6.85. The Labute approximate surface area is 189 Å². The van der Waals surface area contributed by atoms with Crippen LogP contribution in [0.3, 0.4) is 0 Å². The largest absolute Gasteiger partial charge is 0.339 e. The van der Waals surface area contributed by atoms with E-state index in [1.165, 1.54) is 4.31 Å². The third kappa shape index (κ3) is 7.18. The number of carbonyl (C=O) groups is 1. The van der Waals surface area contributed by atoms with E-state index in [0.29, 0.717) is 23.7 Å². The number of hydrogen-bond donors (Lipinski definition) is 0. The monoisotopic (exact) mass is 461 g/mol. The summed E-state index contributed by atoms with van der Waals surface area (Å²) in [5.74, 6) is -0.183. The zero-order valence-electron chi connectivity index (χ0n) is 17.7. The van der Waals surface area contributed by atoms with Gasteiger partial charge in [-0.25, -0.2) is 8.42 Å². The lowest BCUT2D eigenvalue weighted by Crippen LogP contribution is -2.51. The van der Waals surface area contributed by atoms with E-state index in [1.54, 1.807) is 29.2 Å². The maximum Gasteiger partial charge on any atom is 0.237 e. The molecule has 1 saturated heterocycles. The standard InChI is InChI=1S/C23H28ClN3O3S/c1-31(29,30)27(18-21-11-5-6-12-22(21)24)19-23(28)26-16-14-25(15-17-26)13-7-10-20-8-3-2-4-9-20/h2-12H,13-19H2,1H3/b10-7+. The number of hydrogen-bond acceptors (Lipinski definition) is 4. The van der Waals surface area contributed by atoms with Crippen LogP contribution >= 0.6 is 11.6 Å². The highest BCUT2D eigenvalue weighted by atomic mass is 35.5. The second kappa shape index (κ2) is 10.9. The predicted molar refractivity (Wildman–Crippen MR) is 125 cm³/mol. The van der Waals surface area contributed by atoms with Gasteiger partial charge in [-0.1, -0.05) is 72.3 Å². The lowest BCUT2D eigenvalue weighted by molar-refractivity contribution is -0.133. The Hall–Kier alpha value is -2.19. The van der Waals surface area contributed by atoms with Gasteiger partial charge in [0.15, 0.2) is 0 Å². The van der Waals surface area contributed by atoms with Crippen molar-refractivity contribution in [2.45, 2.75) is 6.54 Å². The Morgan fingerprint density at radius 1 is 1.03 bits per heavy atom. The van der Waals surface area contributed by atoms with Crippen LogP contribution in [0, 0.1) is 0 Å². The van der Waals surface area contributed by atoms with Crippen molar-refractivity contribution < 1.29 is 13.2 Å². The van der Waals surface area contributed by atoms with Crippen molar-refractivity contribution in [2.24, 2.45) is 0 Å². The van der Waals surface area contributed by atoms with Gasteiger partial charge in [0.25, 0.3) is 0 Å². The Morgan fingerprint density at radius 3 is 2.32 bits per heavy atom. The maximum atomic E-state index is 12.8. The SMILES string of the molecule is CS(=O)(=O)N(CC(=O)N1CCN(C/C=C/c2ccccc2)CC1)Cc1ccccc1Cl. The van der Waals surface area contributed by atoms with Gasteiger partial charge in [-0.2, -0.15) is 4.31 Å². The molecule has 166 valence electrons. The summed E-state index contributed by atoms with van der Waals surface area (Å²) in [6, 6.07) is 17.2. The predicted octanol–water partition coefficient (Wildman–Crippen LogP) is 2.96. The molecule has 8 heteroatoms. The number of benzene rings is 2. The lowest BCUT2D eigenvalue weighted by atomic mass is 10.2. The number of carbonyl (C=O) groups excluding carboxylic acids is 1. The minimum Gasteiger partial charge on any atom is -0.339 e. The lowest BCUT2D eigenvalue weighted by Gasteiger charge is -2.35. The van der Waals surface area contributed by atoms with E-state index in [4.69, 9.17) is 11.6 Å². The van der Waals surface area contributed by atoms with Crippen LogP contribution in [0.2, 0.25) is 5.02 Å². The number of sulfonamides is 1. The molecule has 2 aromatic carbocycles. The molecule has 1 heterocycles. The van der Waals surface area contributed by atoms with Crippen molar-refractivity contribution >= 4 is 33.6 Å². The van der Waals surface area contributed by atoms with Gasteiger partial charge in [-0.05, 0) is 17.2 Å². The summed E-state index contributed by atoms with van der Waals surface area (Å²) in [6.07, 6.45) is 5.34. The fourth-order valence-corrected chi connectivity index (χ4v) is 4.35. The van der Waals surface area contributed by atoms with Gasteiger partial charge in [-0.15, -0.1) is 0 Å². The van der Waals surface area contributed by atoms with E-state index in [2.05, 4.69) is 29.2 Å². The number of piperazine rings is 1. The Morgan fingerprint density at radius 2 is 1.68 bits per heavy atom. The van der Waals surface area contributed by atoms with Crippen LogP contribution in [-0.2, 0) is 21.4 Å². The smallest absolute Gasteiger partial charge is 0.237 e. The highest BCUT2D eigenvalue weighted by molar-refractivity contribution is 7.88. The molecule has 0 bridgehead atoms. The molecular formula is C23H28ClN3O3S. The zero-order valence-corrected chi connectivity index (χ0v) is 19.2. The van der Waals surface area contributed by atoms with Gasteiger partial charge >= 0.3 is 0 Å². The molecular weight excluding hydrogens is 434 g/mol. The van der Waals surface area contributed by atoms with Gasteiger partial charge < -0.3 is 4.90 Å². The van der Waals surface area contributed by atoms with Crippen LogP contribution in [0.1, 0.15) is 11.1 Å². The van der Waals surface area contributed by atoms with Crippen molar-refractivity contribution in [3.05, 3.63) is 76.8 Å². The summed E-state index contributed by atoms with van der Waals surface area (Å²) in [5, 5.41) is 0.487. The quantitative estimate of drug-likeness (QED) is 0.606. The molecule has 0 atom stereocenters. The van der Waals surface area contributed by atoms with Crippen LogP contribution in [0.4, 0.5) is 0 Å². The maximum absolute atomic E-state index is 12.8. The van der Waals surface area contributed by atoms with Gasteiger partial charge in [0.1, 0.15) is 0 Å². The van der Waals surface area contributed by atoms with Crippen LogP contribution in [0.25, 0.3) is 6.08 Å². The number of halogens is 1. The summed E-state index contributed by atoms with van der Waals surface area (Å²) in [4.78, 5) is 16.8. The fourth-order valence-electron chi connectivity index (χ4n) is 3.44. The minimum absolute atomic E-state index is 0.0779. The highest BCUT2D eigenvalue weighted by Crippen LogP contribution is 2.18. The molecule has 1 aliphatic rings. The molecule has 1 aliphatic heterocycles. The first-order valence-corrected chi connectivity index (χ1v) is 12.5. The van der Waals surface area contributed by atoms with Crippen molar-refractivity contribution in [3.8, 4) is 0 Å². The molecule has 1 fully saturated rings. The first kappa shape index (κ1) is 23.5. The van der Waals surface area contributed by atoms with Crippen molar-refractivity contribution in [3.63, 3.8) is 0 Å². The summed E-state index contributed by atoms with van der Waals surface area (Å²) in [5.41, 5.74) is 1.84. The van der Waals surface area contributed by atoms with E-state index < -0.39 is 10.0 Å². The Bertz CT molecular complexity index is 1000. The second-order valence-corrected chi connectivity index (χ2v) is 10.0. The summed E-state index contributed by atoms with van der Waals surface area (Å²) < 4.78 is 25.7. The molecule has 0 radical (unpaired) electrons. The molecule has 0 saturated carbocycles. The van der Waals surface area contributed by atoms with Crippen LogP contribution in [-0.4, -0.2) is 74.0 Å². The highest BCUT2D eigenvalue weighted by Gasteiger charge is 2.26. The molecule has 0 unspecified atom stereocenters. The van der Waals surface area contributed by atoms with Gasteiger partial charge in [-0.3, -0.25) is 9.69 Å². The first-order chi connectivity index (χ1) is 14.8. The topological polar surface area (TPSA) is 60.9 Å². The average molecular weight is 462 g/mol. The molecule has 3 rings (SSSR count). The Balaban J connectivity index is 1.51. The van der Waals surface area contributed by atoms with Crippen molar-refractivity contribution in [2.75, 3.05) is 45.5 Å². The molecule has 0 aliphatic carbocycles. The van der Waals surface area contributed by atoms with Crippen LogP contribution in [0.15, 0.2) is 60.7 Å². The van der Waals surface area contributed by atoms with Gasteiger partial charge in [0.05, 0.1) is 12.8 Å². The molecule has 2 aromatic rings. The molecule has 6 nitrogen and oxygen atoms in total. The summed E-state index contributed by atoms with van der Waals surface area (Å²) in [7, 11) is -3.56. The minimum atomic E-state index is -3.56.